The Bertz CT molecular complexity index is 562. The molecule has 0 spiro atoms. The van der Waals surface area contributed by atoms with Crippen LogP contribution in [0.1, 0.15) is 50.3 Å². The molecule has 0 aliphatic heterocycles. The van der Waals surface area contributed by atoms with E-state index in [1.54, 1.807) is 7.11 Å². The number of hydrogen-bond acceptors (Lipinski definition) is 2. The molecule has 2 atom stereocenters. The number of benzene rings is 2. The molecule has 2 rings (SSSR count). The van der Waals surface area contributed by atoms with E-state index >= 15 is 0 Å². The van der Waals surface area contributed by atoms with E-state index in [2.05, 4.69) is 80.7 Å². The van der Waals surface area contributed by atoms with E-state index in [1.807, 2.05) is 0 Å². The molecule has 2 aromatic rings. The summed E-state index contributed by atoms with van der Waals surface area (Å²) in [6.45, 7) is 7.85. The standard InChI is InChI=1S/C21H29NO/c1-16(2)21(19-10-12-20(23-4)13-11-19)14-15-22-17(3)18-8-6-5-7-9-18/h5-13,16-17,21-22H,14-15H2,1-4H3/t17-,21-/m0/s1. The molecule has 23 heavy (non-hydrogen) atoms. The zero-order chi connectivity index (χ0) is 16.7. The maximum Gasteiger partial charge on any atom is 0.118 e. The third-order valence-corrected chi connectivity index (χ3v) is 4.55. The fraction of sp³-hybridized carbons (Fsp3) is 0.429. The Kier molecular flexibility index (Phi) is 6.66. The molecule has 2 aromatic carbocycles. The van der Waals surface area contributed by atoms with Crippen molar-refractivity contribution in [1.29, 1.82) is 0 Å². The van der Waals surface area contributed by atoms with E-state index in [0.717, 1.165) is 18.7 Å². The van der Waals surface area contributed by atoms with Crippen LogP contribution in [0.3, 0.4) is 0 Å². The van der Waals surface area contributed by atoms with Gasteiger partial charge >= 0.3 is 0 Å². The topological polar surface area (TPSA) is 21.3 Å². The molecular weight excluding hydrogens is 282 g/mol. The molecule has 0 aliphatic rings. The molecule has 0 saturated heterocycles. The minimum Gasteiger partial charge on any atom is -0.497 e. The van der Waals surface area contributed by atoms with Gasteiger partial charge in [0.05, 0.1) is 7.11 Å². The second-order valence-corrected chi connectivity index (χ2v) is 6.50. The Morgan fingerprint density at radius 1 is 0.870 bits per heavy atom. The maximum absolute atomic E-state index is 5.26. The fourth-order valence-electron chi connectivity index (χ4n) is 3.05. The lowest BCUT2D eigenvalue weighted by Crippen LogP contribution is -2.22. The summed E-state index contributed by atoms with van der Waals surface area (Å²) in [7, 11) is 1.71. The van der Waals surface area contributed by atoms with Gasteiger partial charge in [-0.05, 0) is 55.0 Å². The van der Waals surface area contributed by atoms with E-state index in [1.165, 1.54) is 11.1 Å². The Labute approximate surface area is 140 Å². The van der Waals surface area contributed by atoms with Gasteiger partial charge < -0.3 is 10.1 Å². The number of rotatable bonds is 8. The number of ether oxygens (including phenoxy) is 1. The van der Waals surface area contributed by atoms with Crippen LogP contribution in [0, 0.1) is 5.92 Å². The highest BCUT2D eigenvalue weighted by atomic mass is 16.5. The molecule has 0 aromatic heterocycles. The van der Waals surface area contributed by atoms with Gasteiger partial charge in [0.25, 0.3) is 0 Å². The van der Waals surface area contributed by atoms with Gasteiger partial charge in [0.1, 0.15) is 5.75 Å². The Balaban J connectivity index is 1.92. The van der Waals surface area contributed by atoms with Crippen LogP contribution in [0.25, 0.3) is 0 Å². The zero-order valence-corrected chi connectivity index (χ0v) is 14.8. The first-order valence-corrected chi connectivity index (χ1v) is 8.54. The molecule has 0 unspecified atom stereocenters. The lowest BCUT2D eigenvalue weighted by molar-refractivity contribution is 0.412. The quantitative estimate of drug-likeness (QED) is 0.725. The minimum absolute atomic E-state index is 0.389. The van der Waals surface area contributed by atoms with Crippen LogP contribution in [0.5, 0.6) is 5.75 Å². The third-order valence-electron chi connectivity index (χ3n) is 4.55. The van der Waals surface area contributed by atoms with Crippen molar-refractivity contribution in [1.82, 2.24) is 5.32 Å². The number of nitrogens with one attached hydrogen (secondary N) is 1. The molecule has 2 heteroatoms. The van der Waals surface area contributed by atoms with Crippen LogP contribution in [0.15, 0.2) is 54.6 Å². The van der Waals surface area contributed by atoms with Gasteiger partial charge in [-0.2, -0.15) is 0 Å². The van der Waals surface area contributed by atoms with Gasteiger partial charge in [-0.25, -0.2) is 0 Å². The SMILES string of the molecule is COc1ccc([C@@H](CCN[C@@H](C)c2ccccc2)C(C)C)cc1. The van der Waals surface area contributed by atoms with Gasteiger partial charge in [-0.15, -0.1) is 0 Å². The van der Waals surface area contributed by atoms with Gasteiger partial charge in [0.2, 0.25) is 0 Å². The predicted octanol–water partition coefficient (Wildman–Crippen LogP) is 5.18. The molecule has 0 bridgehead atoms. The second-order valence-electron chi connectivity index (χ2n) is 6.50. The summed E-state index contributed by atoms with van der Waals surface area (Å²) in [4.78, 5) is 0. The van der Waals surface area contributed by atoms with E-state index in [-0.39, 0.29) is 0 Å². The zero-order valence-electron chi connectivity index (χ0n) is 14.8. The van der Waals surface area contributed by atoms with Crippen LogP contribution in [-0.4, -0.2) is 13.7 Å². The summed E-state index contributed by atoms with van der Waals surface area (Å²) in [5.41, 5.74) is 2.74. The summed E-state index contributed by atoms with van der Waals surface area (Å²) < 4.78 is 5.26. The van der Waals surface area contributed by atoms with Crippen molar-refractivity contribution < 1.29 is 4.74 Å². The van der Waals surface area contributed by atoms with Crippen LogP contribution >= 0.6 is 0 Å². The van der Waals surface area contributed by atoms with Crippen molar-refractivity contribution in [3.8, 4) is 5.75 Å². The molecule has 124 valence electrons. The first kappa shape index (κ1) is 17.6. The average molecular weight is 311 g/mol. The predicted molar refractivity (Wildman–Crippen MR) is 98.0 cm³/mol. The van der Waals surface area contributed by atoms with Crippen molar-refractivity contribution in [2.24, 2.45) is 5.92 Å². The molecule has 1 N–H and O–H groups in total. The van der Waals surface area contributed by atoms with Crippen molar-refractivity contribution in [3.63, 3.8) is 0 Å². The van der Waals surface area contributed by atoms with Crippen molar-refractivity contribution in [2.45, 2.75) is 39.2 Å². The summed E-state index contributed by atoms with van der Waals surface area (Å²) in [5, 5.41) is 3.65. The minimum atomic E-state index is 0.389. The van der Waals surface area contributed by atoms with E-state index in [4.69, 9.17) is 4.74 Å². The lowest BCUT2D eigenvalue weighted by Gasteiger charge is -2.23. The maximum atomic E-state index is 5.26. The van der Waals surface area contributed by atoms with Gasteiger partial charge in [-0.3, -0.25) is 0 Å². The van der Waals surface area contributed by atoms with E-state index in [0.29, 0.717) is 17.9 Å². The lowest BCUT2D eigenvalue weighted by atomic mass is 9.85. The first-order valence-electron chi connectivity index (χ1n) is 8.54. The molecule has 0 heterocycles. The van der Waals surface area contributed by atoms with Crippen molar-refractivity contribution >= 4 is 0 Å². The number of hydrogen-bond donors (Lipinski definition) is 1. The second kappa shape index (κ2) is 8.73. The molecule has 0 aliphatic carbocycles. The largest absolute Gasteiger partial charge is 0.497 e. The highest BCUT2D eigenvalue weighted by molar-refractivity contribution is 5.29. The van der Waals surface area contributed by atoms with Crippen LogP contribution in [-0.2, 0) is 0 Å². The van der Waals surface area contributed by atoms with E-state index in [9.17, 15) is 0 Å². The summed E-state index contributed by atoms with van der Waals surface area (Å²) in [5.74, 6) is 2.11. The molecule has 0 fully saturated rings. The van der Waals surface area contributed by atoms with E-state index < -0.39 is 0 Å². The monoisotopic (exact) mass is 311 g/mol. The van der Waals surface area contributed by atoms with Gasteiger partial charge in [-0.1, -0.05) is 56.3 Å². The molecule has 2 nitrogen and oxygen atoms in total. The molecule has 0 saturated carbocycles. The summed E-state index contributed by atoms with van der Waals surface area (Å²) >= 11 is 0. The Morgan fingerprint density at radius 2 is 1.52 bits per heavy atom. The highest BCUT2D eigenvalue weighted by Gasteiger charge is 2.16. The highest BCUT2D eigenvalue weighted by Crippen LogP contribution is 2.29. The molecule has 0 radical (unpaired) electrons. The normalized spacial score (nSPS) is 13.8. The Morgan fingerprint density at radius 3 is 2.09 bits per heavy atom. The Hall–Kier alpha value is -1.80. The summed E-state index contributed by atoms with van der Waals surface area (Å²) in [6, 6.07) is 19.5. The van der Waals surface area contributed by atoms with Crippen molar-refractivity contribution in [3.05, 3.63) is 65.7 Å². The van der Waals surface area contributed by atoms with Gasteiger partial charge in [0, 0.05) is 6.04 Å². The van der Waals surface area contributed by atoms with Crippen molar-refractivity contribution in [2.75, 3.05) is 13.7 Å². The molecular formula is C21H29NO. The molecule has 0 amide bonds. The average Bonchev–Trinajstić information content (AvgIpc) is 2.59. The fourth-order valence-corrected chi connectivity index (χ4v) is 3.05. The number of methoxy groups -OCH3 is 1. The van der Waals surface area contributed by atoms with Crippen LogP contribution < -0.4 is 10.1 Å². The first-order chi connectivity index (χ1) is 11.1. The van der Waals surface area contributed by atoms with Crippen LogP contribution in [0.2, 0.25) is 0 Å². The third kappa shape index (κ3) is 5.11. The summed E-state index contributed by atoms with van der Waals surface area (Å²) in [6.07, 6.45) is 1.14. The van der Waals surface area contributed by atoms with Gasteiger partial charge in [0.15, 0.2) is 0 Å². The smallest absolute Gasteiger partial charge is 0.118 e. The van der Waals surface area contributed by atoms with Crippen LogP contribution in [0.4, 0.5) is 0 Å².